The van der Waals surface area contributed by atoms with Gasteiger partial charge in [-0.3, -0.25) is 9.59 Å². The quantitative estimate of drug-likeness (QED) is 0.580. The second-order valence-electron chi connectivity index (χ2n) is 7.12. The number of amides is 2. The highest BCUT2D eigenvalue weighted by Crippen LogP contribution is 2.18. The number of nitrogens with zero attached hydrogens (tertiary/aromatic N) is 1. The van der Waals surface area contributed by atoms with Crippen LogP contribution in [0.3, 0.4) is 0 Å². The van der Waals surface area contributed by atoms with Crippen molar-refractivity contribution in [2.75, 3.05) is 5.75 Å². The van der Waals surface area contributed by atoms with E-state index in [1.54, 1.807) is 23.6 Å². The molecule has 2 rings (SSSR count). The molecular weight excluding hydrogens is 404 g/mol. The van der Waals surface area contributed by atoms with Crippen molar-refractivity contribution in [2.24, 2.45) is 0 Å². The predicted molar refractivity (Wildman–Crippen MR) is 122 cm³/mol. The van der Waals surface area contributed by atoms with Crippen molar-refractivity contribution >= 4 is 35.2 Å². The van der Waals surface area contributed by atoms with Crippen LogP contribution in [0.2, 0.25) is 5.02 Å². The Labute approximate surface area is 183 Å². The van der Waals surface area contributed by atoms with Crippen molar-refractivity contribution < 1.29 is 9.59 Å². The highest BCUT2D eigenvalue weighted by atomic mass is 35.5. The van der Waals surface area contributed by atoms with E-state index >= 15 is 0 Å². The first-order valence-electron chi connectivity index (χ1n) is 9.86. The fourth-order valence-corrected chi connectivity index (χ4v) is 3.74. The Kier molecular flexibility index (Phi) is 9.55. The molecule has 0 heterocycles. The van der Waals surface area contributed by atoms with E-state index in [0.717, 1.165) is 23.3 Å². The number of hydrogen-bond donors (Lipinski definition) is 1. The summed E-state index contributed by atoms with van der Waals surface area (Å²) in [5, 5.41) is 3.68. The second-order valence-corrected chi connectivity index (χ2v) is 8.54. The number of halogens is 1. The lowest BCUT2D eigenvalue weighted by Gasteiger charge is -2.29. The topological polar surface area (TPSA) is 49.4 Å². The van der Waals surface area contributed by atoms with Crippen molar-refractivity contribution in [3.8, 4) is 0 Å². The van der Waals surface area contributed by atoms with Gasteiger partial charge in [-0.15, -0.1) is 11.8 Å². The smallest absolute Gasteiger partial charge is 0.242 e. The molecule has 2 atom stereocenters. The molecule has 2 aromatic rings. The molecule has 0 saturated carbocycles. The van der Waals surface area contributed by atoms with Crippen LogP contribution in [0.15, 0.2) is 54.6 Å². The van der Waals surface area contributed by atoms with Gasteiger partial charge in [0.2, 0.25) is 11.8 Å². The number of carbonyl (C=O) groups is 2. The van der Waals surface area contributed by atoms with Crippen LogP contribution in [0, 0.1) is 0 Å². The summed E-state index contributed by atoms with van der Waals surface area (Å²) in [5.74, 6) is 0.873. The van der Waals surface area contributed by atoms with Crippen LogP contribution < -0.4 is 5.32 Å². The summed E-state index contributed by atoms with van der Waals surface area (Å²) in [6, 6.07) is 16.9. The number of rotatable bonds is 10. The lowest BCUT2D eigenvalue weighted by Crippen LogP contribution is -2.50. The largest absolute Gasteiger partial charge is 0.352 e. The average molecular weight is 433 g/mol. The summed E-state index contributed by atoms with van der Waals surface area (Å²) in [4.78, 5) is 27.3. The minimum atomic E-state index is -0.534. The van der Waals surface area contributed by atoms with Crippen LogP contribution >= 0.6 is 23.4 Å². The molecule has 156 valence electrons. The zero-order valence-corrected chi connectivity index (χ0v) is 18.8. The molecule has 6 heteroatoms. The molecule has 2 amide bonds. The fourth-order valence-electron chi connectivity index (χ4n) is 2.75. The second kappa shape index (κ2) is 11.9. The third-order valence-corrected chi connectivity index (χ3v) is 6.01. The molecule has 0 spiro atoms. The highest BCUT2D eigenvalue weighted by Gasteiger charge is 2.26. The molecule has 29 heavy (non-hydrogen) atoms. The van der Waals surface area contributed by atoms with Crippen LogP contribution in [0.1, 0.15) is 38.3 Å². The van der Waals surface area contributed by atoms with E-state index in [1.165, 1.54) is 0 Å². The number of benzene rings is 2. The molecule has 0 aromatic heterocycles. The Hall–Kier alpha value is -1.98. The Morgan fingerprint density at radius 3 is 2.31 bits per heavy atom. The first-order chi connectivity index (χ1) is 13.9. The Morgan fingerprint density at radius 2 is 1.69 bits per heavy atom. The van der Waals surface area contributed by atoms with Gasteiger partial charge in [-0.05, 0) is 43.5 Å². The van der Waals surface area contributed by atoms with Crippen molar-refractivity contribution in [1.29, 1.82) is 0 Å². The average Bonchev–Trinajstić information content (AvgIpc) is 2.73. The predicted octanol–water partition coefficient (Wildman–Crippen LogP) is 4.91. The summed E-state index contributed by atoms with van der Waals surface area (Å²) < 4.78 is 0. The minimum absolute atomic E-state index is 0.0420. The molecular formula is C23H29ClN2O2S. The summed E-state index contributed by atoms with van der Waals surface area (Å²) in [7, 11) is 0. The lowest BCUT2D eigenvalue weighted by molar-refractivity contribution is -0.138. The van der Waals surface area contributed by atoms with Crippen LogP contribution in [0.25, 0.3) is 0 Å². The summed E-state index contributed by atoms with van der Waals surface area (Å²) in [6.45, 7) is 6.20. The van der Waals surface area contributed by atoms with Crippen molar-refractivity contribution in [1.82, 2.24) is 10.2 Å². The highest BCUT2D eigenvalue weighted by molar-refractivity contribution is 7.99. The number of carbonyl (C=O) groups excluding carboxylic acids is 2. The Morgan fingerprint density at radius 1 is 1.03 bits per heavy atom. The molecule has 0 aliphatic carbocycles. The molecule has 0 aliphatic rings. The van der Waals surface area contributed by atoms with Crippen LogP contribution in [0.5, 0.6) is 0 Å². The van der Waals surface area contributed by atoms with Gasteiger partial charge in [0.05, 0.1) is 5.75 Å². The number of thioether (sulfide) groups is 1. The summed E-state index contributed by atoms with van der Waals surface area (Å²) >= 11 is 7.46. The van der Waals surface area contributed by atoms with E-state index in [0.29, 0.717) is 17.3 Å². The molecule has 0 unspecified atom stereocenters. The molecule has 1 N–H and O–H groups in total. The van der Waals surface area contributed by atoms with E-state index in [4.69, 9.17) is 11.6 Å². The first kappa shape index (κ1) is 23.3. The summed E-state index contributed by atoms with van der Waals surface area (Å²) in [6.07, 6.45) is 0.849. The van der Waals surface area contributed by atoms with E-state index in [2.05, 4.69) is 5.32 Å². The fraction of sp³-hybridized carbons (Fsp3) is 0.391. The van der Waals surface area contributed by atoms with Gasteiger partial charge < -0.3 is 10.2 Å². The normalized spacial score (nSPS) is 12.8. The van der Waals surface area contributed by atoms with Crippen LogP contribution in [-0.4, -0.2) is 34.6 Å². The SMILES string of the molecule is CC[C@@H](C)NC(=O)[C@@H](C)N(Cc1ccccc1)C(=O)CSCc1ccc(Cl)cc1. The van der Waals surface area contributed by atoms with Crippen molar-refractivity contribution in [3.05, 3.63) is 70.7 Å². The van der Waals surface area contributed by atoms with E-state index in [1.807, 2.05) is 68.4 Å². The third kappa shape index (κ3) is 7.75. The Bertz CT molecular complexity index is 783. The van der Waals surface area contributed by atoms with Gasteiger partial charge >= 0.3 is 0 Å². The zero-order valence-electron chi connectivity index (χ0n) is 17.2. The monoisotopic (exact) mass is 432 g/mol. The van der Waals surface area contributed by atoms with Gasteiger partial charge in [-0.25, -0.2) is 0 Å². The van der Waals surface area contributed by atoms with Gasteiger partial charge in [0.25, 0.3) is 0 Å². The van der Waals surface area contributed by atoms with Crippen molar-refractivity contribution in [2.45, 2.75) is 51.6 Å². The maximum absolute atomic E-state index is 13.0. The molecule has 0 radical (unpaired) electrons. The maximum Gasteiger partial charge on any atom is 0.242 e. The Balaban J connectivity index is 2.03. The lowest BCUT2D eigenvalue weighted by atomic mass is 10.1. The number of nitrogens with one attached hydrogen (secondary N) is 1. The van der Waals surface area contributed by atoms with Gasteiger partial charge in [-0.2, -0.15) is 0 Å². The van der Waals surface area contributed by atoms with Gasteiger partial charge in [-0.1, -0.05) is 61.0 Å². The zero-order chi connectivity index (χ0) is 21.2. The first-order valence-corrected chi connectivity index (χ1v) is 11.4. The minimum Gasteiger partial charge on any atom is -0.352 e. The molecule has 0 bridgehead atoms. The summed E-state index contributed by atoms with van der Waals surface area (Å²) in [5.41, 5.74) is 2.12. The van der Waals surface area contributed by atoms with E-state index in [9.17, 15) is 9.59 Å². The van der Waals surface area contributed by atoms with Crippen molar-refractivity contribution in [3.63, 3.8) is 0 Å². The van der Waals surface area contributed by atoms with Crippen LogP contribution in [-0.2, 0) is 21.9 Å². The van der Waals surface area contributed by atoms with E-state index < -0.39 is 6.04 Å². The standard InChI is InChI=1S/C23H29ClN2O2S/c1-4-17(2)25-23(28)18(3)26(14-19-8-6-5-7-9-19)22(27)16-29-15-20-10-12-21(24)13-11-20/h5-13,17-18H,4,14-16H2,1-3H3,(H,25,28)/t17-,18-/m1/s1. The molecule has 4 nitrogen and oxygen atoms in total. The number of hydrogen-bond acceptors (Lipinski definition) is 3. The van der Waals surface area contributed by atoms with E-state index in [-0.39, 0.29) is 17.9 Å². The molecule has 0 fully saturated rings. The maximum atomic E-state index is 13.0. The van der Waals surface area contributed by atoms with Gasteiger partial charge in [0.15, 0.2) is 0 Å². The molecule has 2 aromatic carbocycles. The van der Waals surface area contributed by atoms with Gasteiger partial charge in [0, 0.05) is 23.4 Å². The molecule has 0 aliphatic heterocycles. The third-order valence-electron chi connectivity index (χ3n) is 4.77. The van der Waals surface area contributed by atoms with Crippen LogP contribution in [0.4, 0.5) is 0 Å². The van der Waals surface area contributed by atoms with Gasteiger partial charge in [0.1, 0.15) is 6.04 Å². The molecule has 0 saturated heterocycles.